The molecule has 0 atom stereocenters. The van der Waals surface area contributed by atoms with Crippen molar-refractivity contribution < 1.29 is 4.39 Å². The summed E-state index contributed by atoms with van der Waals surface area (Å²) in [6.07, 6.45) is 4.03. The van der Waals surface area contributed by atoms with Crippen molar-refractivity contribution in [2.45, 2.75) is 32.6 Å². The third-order valence-electron chi connectivity index (χ3n) is 2.77. The SMILES string of the molecule is CCCCCc1nc2ccccc2cc1F. The number of halogens is 1. The second-order valence-corrected chi connectivity index (χ2v) is 4.07. The van der Waals surface area contributed by atoms with E-state index < -0.39 is 0 Å². The molecule has 2 aromatic rings. The highest BCUT2D eigenvalue weighted by Gasteiger charge is 2.05. The van der Waals surface area contributed by atoms with E-state index in [1.807, 2.05) is 24.3 Å². The predicted molar refractivity (Wildman–Crippen MR) is 64.9 cm³/mol. The second kappa shape index (κ2) is 5.06. The van der Waals surface area contributed by atoms with Gasteiger partial charge in [-0.3, -0.25) is 0 Å². The van der Waals surface area contributed by atoms with Crippen molar-refractivity contribution >= 4 is 10.9 Å². The average Bonchev–Trinajstić information content (AvgIpc) is 2.30. The Morgan fingerprint density at radius 2 is 2.00 bits per heavy atom. The van der Waals surface area contributed by atoms with Gasteiger partial charge in [0.25, 0.3) is 0 Å². The second-order valence-electron chi connectivity index (χ2n) is 4.07. The van der Waals surface area contributed by atoms with Crippen LogP contribution in [-0.4, -0.2) is 4.98 Å². The van der Waals surface area contributed by atoms with E-state index in [0.717, 1.165) is 36.6 Å². The van der Waals surface area contributed by atoms with E-state index in [1.165, 1.54) is 0 Å². The van der Waals surface area contributed by atoms with Gasteiger partial charge in [-0.25, -0.2) is 9.37 Å². The number of pyridine rings is 1. The minimum absolute atomic E-state index is 0.171. The molecule has 0 aliphatic rings. The van der Waals surface area contributed by atoms with E-state index in [4.69, 9.17) is 0 Å². The van der Waals surface area contributed by atoms with Gasteiger partial charge in [-0.05, 0) is 25.0 Å². The van der Waals surface area contributed by atoms with Gasteiger partial charge >= 0.3 is 0 Å². The Morgan fingerprint density at radius 1 is 1.19 bits per heavy atom. The molecule has 0 radical (unpaired) electrons. The molecule has 0 bridgehead atoms. The summed E-state index contributed by atoms with van der Waals surface area (Å²) in [5.41, 5.74) is 1.49. The van der Waals surface area contributed by atoms with Crippen molar-refractivity contribution in [1.29, 1.82) is 0 Å². The highest BCUT2D eigenvalue weighted by Crippen LogP contribution is 2.17. The molecular weight excluding hydrogens is 201 g/mol. The lowest BCUT2D eigenvalue weighted by Gasteiger charge is -2.04. The van der Waals surface area contributed by atoms with E-state index in [2.05, 4.69) is 11.9 Å². The number of nitrogens with zero attached hydrogens (tertiary/aromatic N) is 1. The summed E-state index contributed by atoms with van der Waals surface area (Å²) in [7, 11) is 0. The number of aryl methyl sites for hydroxylation is 1. The smallest absolute Gasteiger partial charge is 0.145 e. The number of hydrogen-bond acceptors (Lipinski definition) is 1. The van der Waals surface area contributed by atoms with Crippen LogP contribution in [0.25, 0.3) is 10.9 Å². The molecule has 1 heterocycles. The normalized spacial score (nSPS) is 10.9. The van der Waals surface area contributed by atoms with Crippen molar-refractivity contribution in [2.24, 2.45) is 0 Å². The van der Waals surface area contributed by atoms with Gasteiger partial charge in [-0.15, -0.1) is 0 Å². The zero-order valence-electron chi connectivity index (χ0n) is 9.54. The fourth-order valence-electron chi connectivity index (χ4n) is 1.85. The Balaban J connectivity index is 2.27. The van der Waals surface area contributed by atoms with Crippen LogP contribution in [0.2, 0.25) is 0 Å². The molecule has 1 aromatic heterocycles. The predicted octanol–water partition coefficient (Wildman–Crippen LogP) is 4.11. The number of rotatable bonds is 4. The fraction of sp³-hybridized carbons (Fsp3) is 0.357. The maximum Gasteiger partial charge on any atom is 0.145 e. The number of aromatic nitrogens is 1. The van der Waals surface area contributed by atoms with E-state index in [0.29, 0.717) is 5.69 Å². The molecule has 1 nitrogen and oxygen atoms in total. The number of fused-ring (bicyclic) bond motifs is 1. The van der Waals surface area contributed by atoms with Crippen molar-refractivity contribution in [3.05, 3.63) is 41.8 Å². The Bertz CT molecular complexity index is 479. The molecule has 0 unspecified atom stereocenters. The molecule has 0 aliphatic carbocycles. The maximum atomic E-state index is 13.7. The Morgan fingerprint density at radius 3 is 2.81 bits per heavy atom. The molecule has 0 saturated carbocycles. The summed E-state index contributed by atoms with van der Waals surface area (Å²) in [6.45, 7) is 2.14. The van der Waals surface area contributed by atoms with Crippen LogP contribution >= 0.6 is 0 Å². The number of hydrogen-bond donors (Lipinski definition) is 0. The summed E-state index contributed by atoms with van der Waals surface area (Å²) in [4.78, 5) is 4.37. The maximum absolute atomic E-state index is 13.7. The van der Waals surface area contributed by atoms with E-state index in [1.54, 1.807) is 6.07 Å². The monoisotopic (exact) mass is 217 g/mol. The largest absolute Gasteiger partial charge is 0.250 e. The molecule has 0 amide bonds. The summed E-state index contributed by atoms with van der Waals surface area (Å²) >= 11 is 0. The molecule has 2 rings (SSSR count). The van der Waals surface area contributed by atoms with Crippen LogP contribution in [0.5, 0.6) is 0 Å². The van der Waals surface area contributed by atoms with Crippen molar-refractivity contribution in [2.75, 3.05) is 0 Å². The van der Waals surface area contributed by atoms with Crippen LogP contribution in [0.4, 0.5) is 4.39 Å². The van der Waals surface area contributed by atoms with Gasteiger partial charge in [0.15, 0.2) is 0 Å². The lowest BCUT2D eigenvalue weighted by molar-refractivity contribution is 0.590. The van der Waals surface area contributed by atoms with Crippen molar-refractivity contribution in [3.63, 3.8) is 0 Å². The topological polar surface area (TPSA) is 12.9 Å². The first-order valence-electron chi connectivity index (χ1n) is 5.85. The lowest BCUT2D eigenvalue weighted by Crippen LogP contribution is -1.96. The van der Waals surface area contributed by atoms with Crippen LogP contribution in [-0.2, 0) is 6.42 Å². The zero-order valence-corrected chi connectivity index (χ0v) is 9.54. The first-order chi connectivity index (χ1) is 7.81. The van der Waals surface area contributed by atoms with Gasteiger partial charge in [0.2, 0.25) is 0 Å². The van der Waals surface area contributed by atoms with Crippen LogP contribution in [0, 0.1) is 5.82 Å². The number of benzene rings is 1. The molecule has 0 fully saturated rings. The summed E-state index contributed by atoms with van der Waals surface area (Å²) < 4.78 is 13.7. The van der Waals surface area contributed by atoms with E-state index in [9.17, 15) is 4.39 Å². The Kier molecular flexibility index (Phi) is 3.50. The molecule has 0 saturated heterocycles. The van der Waals surface area contributed by atoms with Crippen LogP contribution < -0.4 is 0 Å². The molecule has 0 N–H and O–H groups in total. The summed E-state index contributed by atoms with van der Waals surface area (Å²) in [6, 6.07) is 9.24. The highest BCUT2D eigenvalue weighted by atomic mass is 19.1. The molecule has 0 spiro atoms. The van der Waals surface area contributed by atoms with Gasteiger partial charge < -0.3 is 0 Å². The highest BCUT2D eigenvalue weighted by molar-refractivity contribution is 5.78. The Labute approximate surface area is 95.3 Å². The van der Waals surface area contributed by atoms with E-state index in [-0.39, 0.29) is 5.82 Å². The minimum atomic E-state index is -0.171. The quantitative estimate of drug-likeness (QED) is 0.702. The summed E-state index contributed by atoms with van der Waals surface area (Å²) in [5.74, 6) is -0.171. The first-order valence-corrected chi connectivity index (χ1v) is 5.85. The van der Waals surface area contributed by atoms with Gasteiger partial charge in [-0.2, -0.15) is 0 Å². The fourth-order valence-corrected chi connectivity index (χ4v) is 1.85. The first kappa shape index (κ1) is 11.1. The van der Waals surface area contributed by atoms with Gasteiger partial charge in [0.05, 0.1) is 11.2 Å². The van der Waals surface area contributed by atoms with E-state index >= 15 is 0 Å². The Hall–Kier alpha value is -1.44. The lowest BCUT2D eigenvalue weighted by atomic mass is 10.1. The standard InChI is InChI=1S/C14H16FN/c1-2-3-4-9-14-12(15)10-11-7-5-6-8-13(11)16-14/h5-8,10H,2-4,9H2,1H3. The molecule has 1 aromatic carbocycles. The molecule has 0 aliphatic heterocycles. The summed E-state index contributed by atoms with van der Waals surface area (Å²) in [5, 5.41) is 0.874. The molecule has 2 heteroatoms. The van der Waals surface area contributed by atoms with Crippen molar-refractivity contribution in [3.8, 4) is 0 Å². The molecule has 84 valence electrons. The van der Waals surface area contributed by atoms with Gasteiger partial charge in [0.1, 0.15) is 5.82 Å². The van der Waals surface area contributed by atoms with Crippen LogP contribution in [0.1, 0.15) is 31.9 Å². The van der Waals surface area contributed by atoms with Crippen molar-refractivity contribution in [1.82, 2.24) is 4.98 Å². The van der Waals surface area contributed by atoms with Gasteiger partial charge in [-0.1, -0.05) is 38.0 Å². The van der Waals surface area contributed by atoms with Crippen LogP contribution in [0.3, 0.4) is 0 Å². The number of para-hydroxylation sites is 1. The molecule has 16 heavy (non-hydrogen) atoms. The third-order valence-corrected chi connectivity index (χ3v) is 2.77. The number of unbranched alkanes of at least 4 members (excludes halogenated alkanes) is 2. The average molecular weight is 217 g/mol. The van der Waals surface area contributed by atoms with Crippen LogP contribution in [0.15, 0.2) is 30.3 Å². The third kappa shape index (κ3) is 2.38. The zero-order chi connectivity index (χ0) is 11.4. The van der Waals surface area contributed by atoms with Gasteiger partial charge in [0, 0.05) is 5.39 Å². The molecular formula is C14H16FN. The minimum Gasteiger partial charge on any atom is -0.250 e.